The average molecular weight is 407 g/mol. The predicted octanol–water partition coefficient (Wildman–Crippen LogP) is 4.45. The molecule has 1 amide bonds. The summed E-state index contributed by atoms with van der Waals surface area (Å²) in [4.78, 5) is 29.8. The number of fused-ring (bicyclic) bond motifs is 1. The van der Waals surface area contributed by atoms with Gasteiger partial charge in [-0.25, -0.2) is 14.2 Å². The summed E-state index contributed by atoms with van der Waals surface area (Å²) < 4.78 is 20.6. The Balaban J connectivity index is 1.74. The first-order chi connectivity index (χ1) is 14.6. The molecule has 1 N–H and O–H groups in total. The number of esters is 1. The van der Waals surface area contributed by atoms with Crippen molar-refractivity contribution in [2.45, 2.75) is 32.2 Å². The van der Waals surface area contributed by atoms with E-state index in [0.717, 1.165) is 31.5 Å². The van der Waals surface area contributed by atoms with E-state index in [0.29, 0.717) is 29.2 Å². The van der Waals surface area contributed by atoms with Crippen LogP contribution in [-0.2, 0) is 17.7 Å². The molecule has 0 atom stereocenters. The molecule has 0 aliphatic carbocycles. The second-order valence-electron chi connectivity index (χ2n) is 7.19. The van der Waals surface area contributed by atoms with Crippen molar-refractivity contribution in [3.8, 4) is 11.4 Å². The number of ether oxygens (including phenoxy) is 1. The van der Waals surface area contributed by atoms with Crippen LogP contribution < -0.4 is 5.32 Å². The van der Waals surface area contributed by atoms with E-state index in [-0.39, 0.29) is 11.4 Å². The number of halogens is 1. The third-order valence-corrected chi connectivity index (χ3v) is 5.25. The van der Waals surface area contributed by atoms with Crippen LogP contribution in [-0.4, -0.2) is 28.5 Å². The number of nitrogens with one attached hydrogen (secondary N) is 1. The van der Waals surface area contributed by atoms with Crippen molar-refractivity contribution in [3.05, 3.63) is 71.3 Å². The number of methoxy groups -OCH3 is 1. The number of benzene rings is 2. The minimum atomic E-state index is -0.532. The van der Waals surface area contributed by atoms with Gasteiger partial charge in [-0.2, -0.15) is 0 Å². The monoisotopic (exact) mass is 407 g/mol. The second-order valence-corrected chi connectivity index (χ2v) is 7.19. The van der Waals surface area contributed by atoms with Gasteiger partial charge in [-0.15, -0.1) is 0 Å². The highest BCUT2D eigenvalue weighted by Gasteiger charge is 2.25. The predicted molar refractivity (Wildman–Crippen MR) is 111 cm³/mol. The van der Waals surface area contributed by atoms with E-state index in [1.54, 1.807) is 36.4 Å². The van der Waals surface area contributed by atoms with Crippen LogP contribution >= 0.6 is 0 Å². The van der Waals surface area contributed by atoms with Gasteiger partial charge < -0.3 is 14.6 Å². The smallest absolute Gasteiger partial charge is 0.339 e. The molecule has 0 saturated heterocycles. The van der Waals surface area contributed by atoms with Crippen molar-refractivity contribution in [2.75, 3.05) is 12.4 Å². The first-order valence-corrected chi connectivity index (χ1v) is 9.92. The number of hydrogen-bond donors (Lipinski definition) is 1. The van der Waals surface area contributed by atoms with Gasteiger partial charge in [0.25, 0.3) is 5.91 Å². The lowest BCUT2D eigenvalue weighted by Gasteiger charge is -2.10. The maximum absolute atomic E-state index is 13.8. The lowest BCUT2D eigenvalue weighted by atomic mass is 10.1. The van der Waals surface area contributed by atoms with Crippen LogP contribution in [0, 0.1) is 5.82 Å². The Labute approximate surface area is 173 Å². The molecule has 0 bridgehead atoms. The molecule has 0 fully saturated rings. The van der Waals surface area contributed by atoms with Gasteiger partial charge in [-0.05, 0) is 43.5 Å². The first kappa shape index (κ1) is 19.8. The number of carbonyl (C=O) groups excluding carboxylic acids is 2. The van der Waals surface area contributed by atoms with E-state index in [1.807, 2.05) is 4.57 Å². The zero-order valence-electron chi connectivity index (χ0n) is 16.7. The highest BCUT2D eigenvalue weighted by molar-refractivity contribution is 6.08. The third kappa shape index (κ3) is 3.83. The van der Waals surface area contributed by atoms with Gasteiger partial charge in [0, 0.05) is 12.1 Å². The van der Waals surface area contributed by atoms with Crippen LogP contribution in [0.3, 0.4) is 0 Å². The van der Waals surface area contributed by atoms with Gasteiger partial charge in [0.15, 0.2) is 0 Å². The van der Waals surface area contributed by atoms with Crippen LogP contribution in [0.5, 0.6) is 0 Å². The molecular formula is C23H22FN3O3. The molecule has 1 aliphatic heterocycles. The molecule has 4 rings (SSSR count). The zero-order chi connectivity index (χ0) is 21.1. The van der Waals surface area contributed by atoms with E-state index in [2.05, 4.69) is 10.3 Å². The molecule has 0 saturated carbocycles. The SMILES string of the molecule is COC(=O)c1ccccc1NC(=O)c1nc(-c2cccc(F)c2)n2c1CCCCC2. The normalized spacial score (nSPS) is 13.3. The van der Waals surface area contributed by atoms with Crippen LogP contribution in [0.1, 0.15) is 45.8 Å². The molecule has 3 aromatic rings. The van der Waals surface area contributed by atoms with Crippen LogP contribution in [0.4, 0.5) is 10.1 Å². The Bertz CT molecular complexity index is 1110. The summed E-state index contributed by atoms with van der Waals surface area (Å²) in [6.07, 6.45) is 3.69. The Morgan fingerprint density at radius 1 is 1.10 bits per heavy atom. The molecule has 154 valence electrons. The van der Waals surface area contributed by atoms with Gasteiger partial charge in [0.1, 0.15) is 17.3 Å². The van der Waals surface area contributed by atoms with Crippen LogP contribution in [0.15, 0.2) is 48.5 Å². The molecule has 1 aliphatic rings. The van der Waals surface area contributed by atoms with Crippen LogP contribution in [0.2, 0.25) is 0 Å². The molecule has 2 aromatic carbocycles. The molecule has 2 heterocycles. The Morgan fingerprint density at radius 3 is 2.73 bits per heavy atom. The molecule has 0 radical (unpaired) electrons. The third-order valence-electron chi connectivity index (χ3n) is 5.25. The molecular weight excluding hydrogens is 385 g/mol. The van der Waals surface area contributed by atoms with Gasteiger partial charge in [-0.1, -0.05) is 30.7 Å². The molecule has 30 heavy (non-hydrogen) atoms. The molecule has 0 spiro atoms. The van der Waals surface area contributed by atoms with Gasteiger partial charge in [0.05, 0.1) is 24.1 Å². The zero-order valence-corrected chi connectivity index (χ0v) is 16.7. The fraction of sp³-hybridized carbons (Fsp3) is 0.261. The van der Waals surface area contributed by atoms with Crippen molar-refractivity contribution in [1.82, 2.24) is 9.55 Å². The number of nitrogens with zero attached hydrogens (tertiary/aromatic N) is 2. The number of para-hydroxylation sites is 1. The summed E-state index contributed by atoms with van der Waals surface area (Å²) in [6.45, 7) is 0.722. The molecule has 7 heteroatoms. The molecule has 0 unspecified atom stereocenters. The van der Waals surface area contributed by atoms with Gasteiger partial charge in [-0.3, -0.25) is 4.79 Å². The van der Waals surface area contributed by atoms with Gasteiger partial charge in [0.2, 0.25) is 0 Å². The summed E-state index contributed by atoms with van der Waals surface area (Å²) in [6, 6.07) is 12.9. The number of rotatable bonds is 4. The summed E-state index contributed by atoms with van der Waals surface area (Å²) in [5.74, 6) is -0.705. The number of anilines is 1. The lowest BCUT2D eigenvalue weighted by molar-refractivity contribution is 0.0602. The Hall–Kier alpha value is -3.48. The average Bonchev–Trinajstić information content (AvgIpc) is 2.95. The van der Waals surface area contributed by atoms with Crippen molar-refractivity contribution in [3.63, 3.8) is 0 Å². The van der Waals surface area contributed by atoms with Crippen molar-refractivity contribution in [2.24, 2.45) is 0 Å². The minimum absolute atomic E-state index is 0.268. The van der Waals surface area contributed by atoms with E-state index >= 15 is 0 Å². The van der Waals surface area contributed by atoms with E-state index in [9.17, 15) is 14.0 Å². The van der Waals surface area contributed by atoms with Crippen molar-refractivity contribution >= 4 is 17.6 Å². The van der Waals surface area contributed by atoms with Crippen molar-refractivity contribution in [1.29, 1.82) is 0 Å². The standard InChI is InChI=1S/C23H22FN3O3/c1-30-23(29)17-10-4-5-11-18(17)25-22(28)20-19-12-3-2-6-13-27(19)21(26-20)15-8-7-9-16(24)14-15/h4-5,7-11,14H,2-3,6,12-13H2,1H3,(H,25,28). The highest BCUT2D eigenvalue weighted by Crippen LogP contribution is 2.28. The van der Waals surface area contributed by atoms with Gasteiger partial charge >= 0.3 is 5.97 Å². The first-order valence-electron chi connectivity index (χ1n) is 9.92. The van der Waals surface area contributed by atoms with Crippen LogP contribution in [0.25, 0.3) is 11.4 Å². The highest BCUT2D eigenvalue weighted by atomic mass is 19.1. The van der Waals surface area contributed by atoms with E-state index in [4.69, 9.17) is 4.74 Å². The Morgan fingerprint density at radius 2 is 1.93 bits per heavy atom. The Kier molecular flexibility index (Phi) is 5.61. The number of imidazole rings is 1. The number of hydrogen-bond acceptors (Lipinski definition) is 4. The number of aromatic nitrogens is 2. The fourth-order valence-electron chi connectivity index (χ4n) is 3.81. The van der Waals surface area contributed by atoms with Crippen molar-refractivity contribution < 1.29 is 18.7 Å². The molecule has 1 aromatic heterocycles. The summed E-state index contributed by atoms with van der Waals surface area (Å²) in [7, 11) is 1.29. The largest absolute Gasteiger partial charge is 0.465 e. The summed E-state index contributed by atoms with van der Waals surface area (Å²) >= 11 is 0. The number of amides is 1. The summed E-state index contributed by atoms with van der Waals surface area (Å²) in [5, 5.41) is 2.80. The van der Waals surface area contributed by atoms with E-state index in [1.165, 1.54) is 19.2 Å². The summed E-state index contributed by atoms with van der Waals surface area (Å²) in [5.41, 5.74) is 2.39. The molecule has 6 nitrogen and oxygen atoms in total. The fourth-order valence-corrected chi connectivity index (χ4v) is 3.81. The maximum atomic E-state index is 13.8. The minimum Gasteiger partial charge on any atom is -0.465 e. The quantitative estimate of drug-likeness (QED) is 0.649. The van der Waals surface area contributed by atoms with E-state index < -0.39 is 11.9 Å². The lowest BCUT2D eigenvalue weighted by Crippen LogP contribution is -2.17. The maximum Gasteiger partial charge on any atom is 0.339 e. The number of carbonyl (C=O) groups is 2. The second kappa shape index (κ2) is 8.49. The topological polar surface area (TPSA) is 73.2 Å².